The van der Waals surface area contributed by atoms with E-state index in [-0.39, 0.29) is 23.9 Å². The molecule has 0 heterocycles. The summed E-state index contributed by atoms with van der Waals surface area (Å²) in [7, 11) is 0. The lowest BCUT2D eigenvalue weighted by atomic mass is 10.1. The van der Waals surface area contributed by atoms with Crippen molar-refractivity contribution in [2.45, 2.75) is 25.9 Å². The molecule has 1 rings (SSSR count). The molecule has 6 heteroatoms. The van der Waals surface area contributed by atoms with Crippen molar-refractivity contribution in [1.82, 2.24) is 5.32 Å². The summed E-state index contributed by atoms with van der Waals surface area (Å²) in [5, 5.41) is 2.53. The molecule has 1 aromatic carbocycles. The summed E-state index contributed by atoms with van der Waals surface area (Å²) in [6, 6.07) is 2.03. The second-order valence-corrected chi connectivity index (χ2v) is 3.68. The molecule has 0 fully saturated rings. The Hall–Kier alpha value is -1.20. The lowest BCUT2D eigenvalue weighted by molar-refractivity contribution is -0.122. The van der Waals surface area contributed by atoms with Crippen molar-refractivity contribution in [1.29, 1.82) is 0 Å². The zero-order valence-corrected chi connectivity index (χ0v) is 10.4. The normalized spacial score (nSPS) is 13.5. The summed E-state index contributed by atoms with van der Waals surface area (Å²) in [5.74, 6) is -1.71. The number of halogens is 3. The molecule has 0 aliphatic heterocycles. The third-order valence-electron chi connectivity index (χ3n) is 2.20. The summed E-state index contributed by atoms with van der Waals surface area (Å²) in [6.45, 7) is 3.14. The van der Waals surface area contributed by atoms with Gasteiger partial charge in [-0.2, -0.15) is 0 Å². The average molecular weight is 265 g/mol. The highest BCUT2D eigenvalue weighted by Gasteiger charge is 2.15. The van der Waals surface area contributed by atoms with Crippen molar-refractivity contribution in [2.75, 3.05) is 0 Å². The van der Waals surface area contributed by atoms with Gasteiger partial charge in [-0.1, -0.05) is 6.07 Å². The smallest absolute Gasteiger partial charge is 0.237 e. The second-order valence-electron chi connectivity index (χ2n) is 3.68. The molecule has 96 valence electrons. The van der Waals surface area contributed by atoms with E-state index in [9.17, 15) is 13.6 Å². The minimum atomic E-state index is -0.683. The number of carbonyl (C=O) groups is 1. The van der Waals surface area contributed by atoms with Crippen LogP contribution in [0.25, 0.3) is 0 Å². The standard InChI is InChI=1S/C11H14F2N2O.ClH/c1-6(14)11(16)15-7(2)9-4-3-8(12)5-10(9)13;/h3-7H,14H2,1-2H3,(H,15,16);1H/t6-,7?;/m1./s1. The van der Waals surface area contributed by atoms with Gasteiger partial charge in [0.15, 0.2) is 0 Å². The molecule has 0 aliphatic rings. The Morgan fingerprint density at radius 2 is 1.94 bits per heavy atom. The molecule has 17 heavy (non-hydrogen) atoms. The molecule has 1 amide bonds. The zero-order valence-electron chi connectivity index (χ0n) is 9.54. The first-order valence-corrected chi connectivity index (χ1v) is 4.92. The van der Waals surface area contributed by atoms with Crippen LogP contribution in [0.3, 0.4) is 0 Å². The Balaban J connectivity index is 0.00000256. The fraction of sp³-hybridized carbons (Fsp3) is 0.364. The quantitative estimate of drug-likeness (QED) is 0.876. The summed E-state index contributed by atoms with van der Waals surface area (Å²) >= 11 is 0. The summed E-state index contributed by atoms with van der Waals surface area (Å²) < 4.78 is 26.0. The van der Waals surface area contributed by atoms with Gasteiger partial charge in [0.1, 0.15) is 11.6 Å². The predicted molar refractivity (Wildman–Crippen MR) is 63.8 cm³/mol. The van der Waals surface area contributed by atoms with Crippen molar-refractivity contribution in [3.8, 4) is 0 Å². The first-order chi connectivity index (χ1) is 7.41. The molecule has 0 saturated heterocycles. The van der Waals surface area contributed by atoms with E-state index >= 15 is 0 Å². The van der Waals surface area contributed by atoms with Crippen LogP contribution in [0.5, 0.6) is 0 Å². The molecule has 1 aromatic rings. The minimum absolute atomic E-state index is 0. The largest absolute Gasteiger partial charge is 0.348 e. The molecular formula is C11H15ClF2N2O. The maximum atomic E-state index is 13.3. The van der Waals surface area contributed by atoms with Crippen LogP contribution < -0.4 is 11.1 Å². The zero-order chi connectivity index (χ0) is 12.3. The van der Waals surface area contributed by atoms with Gasteiger partial charge in [0.2, 0.25) is 5.91 Å². The molecular weight excluding hydrogens is 250 g/mol. The second kappa shape index (κ2) is 6.51. The van der Waals surface area contributed by atoms with Gasteiger partial charge < -0.3 is 11.1 Å². The van der Waals surface area contributed by atoms with Crippen LogP contribution in [0.2, 0.25) is 0 Å². The molecule has 0 bridgehead atoms. The van der Waals surface area contributed by atoms with Crippen molar-refractivity contribution in [3.63, 3.8) is 0 Å². The molecule has 3 N–H and O–H groups in total. The average Bonchev–Trinajstić information content (AvgIpc) is 2.16. The highest BCUT2D eigenvalue weighted by molar-refractivity contribution is 5.85. The van der Waals surface area contributed by atoms with E-state index in [0.717, 1.165) is 12.1 Å². The van der Waals surface area contributed by atoms with Crippen LogP contribution in [0, 0.1) is 11.6 Å². The lowest BCUT2D eigenvalue weighted by Crippen LogP contribution is -2.39. The van der Waals surface area contributed by atoms with Gasteiger partial charge >= 0.3 is 0 Å². The van der Waals surface area contributed by atoms with Gasteiger partial charge in [0, 0.05) is 11.6 Å². The molecule has 0 aromatic heterocycles. The van der Waals surface area contributed by atoms with E-state index in [1.807, 2.05) is 0 Å². The van der Waals surface area contributed by atoms with Crippen LogP contribution in [-0.2, 0) is 4.79 Å². The van der Waals surface area contributed by atoms with Crippen molar-refractivity contribution in [2.24, 2.45) is 5.73 Å². The highest BCUT2D eigenvalue weighted by atomic mass is 35.5. The molecule has 0 spiro atoms. The monoisotopic (exact) mass is 264 g/mol. The van der Waals surface area contributed by atoms with E-state index in [4.69, 9.17) is 5.73 Å². The highest BCUT2D eigenvalue weighted by Crippen LogP contribution is 2.17. The number of nitrogens with two attached hydrogens (primary N) is 1. The third kappa shape index (κ3) is 4.28. The van der Waals surface area contributed by atoms with Gasteiger partial charge in [-0.15, -0.1) is 12.4 Å². The van der Waals surface area contributed by atoms with Gasteiger partial charge in [-0.25, -0.2) is 8.78 Å². The lowest BCUT2D eigenvalue weighted by Gasteiger charge is -2.16. The SMILES string of the molecule is CC(NC(=O)[C@@H](C)N)c1ccc(F)cc1F.Cl. The number of nitrogens with one attached hydrogen (secondary N) is 1. The Kier molecular flexibility index (Phi) is 6.05. The summed E-state index contributed by atoms with van der Waals surface area (Å²) in [5.41, 5.74) is 5.59. The van der Waals surface area contributed by atoms with Gasteiger partial charge in [0.25, 0.3) is 0 Å². The van der Waals surface area contributed by atoms with Gasteiger partial charge in [0.05, 0.1) is 12.1 Å². The molecule has 0 aliphatic carbocycles. The first kappa shape index (κ1) is 15.8. The predicted octanol–water partition coefficient (Wildman–Crippen LogP) is 1.91. The maximum Gasteiger partial charge on any atom is 0.237 e. The van der Waals surface area contributed by atoms with E-state index in [1.54, 1.807) is 6.92 Å². The minimum Gasteiger partial charge on any atom is -0.348 e. The third-order valence-corrected chi connectivity index (χ3v) is 2.20. The van der Waals surface area contributed by atoms with Crippen LogP contribution in [0.4, 0.5) is 8.78 Å². The van der Waals surface area contributed by atoms with E-state index in [0.29, 0.717) is 0 Å². The number of amides is 1. The molecule has 1 unspecified atom stereocenters. The number of carbonyl (C=O) groups excluding carboxylic acids is 1. The first-order valence-electron chi connectivity index (χ1n) is 4.92. The Morgan fingerprint density at radius 3 is 2.41 bits per heavy atom. The fourth-order valence-electron chi connectivity index (χ4n) is 1.28. The van der Waals surface area contributed by atoms with Crippen LogP contribution >= 0.6 is 12.4 Å². The van der Waals surface area contributed by atoms with Crippen molar-refractivity contribution >= 4 is 18.3 Å². The Labute approximate surface area is 105 Å². The van der Waals surface area contributed by atoms with E-state index in [1.165, 1.54) is 13.0 Å². The van der Waals surface area contributed by atoms with Crippen molar-refractivity contribution in [3.05, 3.63) is 35.4 Å². The van der Waals surface area contributed by atoms with E-state index < -0.39 is 23.7 Å². The summed E-state index contributed by atoms with van der Waals surface area (Å²) in [4.78, 5) is 11.3. The summed E-state index contributed by atoms with van der Waals surface area (Å²) in [6.07, 6.45) is 0. The molecule has 3 nitrogen and oxygen atoms in total. The van der Waals surface area contributed by atoms with Gasteiger partial charge in [-0.3, -0.25) is 4.79 Å². The number of rotatable bonds is 3. The topological polar surface area (TPSA) is 55.1 Å². The van der Waals surface area contributed by atoms with Crippen LogP contribution in [0.1, 0.15) is 25.5 Å². The maximum absolute atomic E-state index is 13.3. The molecule has 2 atom stereocenters. The number of benzene rings is 1. The number of hydrogen-bond donors (Lipinski definition) is 2. The van der Waals surface area contributed by atoms with Gasteiger partial charge in [-0.05, 0) is 19.9 Å². The Morgan fingerprint density at radius 1 is 1.35 bits per heavy atom. The fourth-order valence-corrected chi connectivity index (χ4v) is 1.28. The van der Waals surface area contributed by atoms with Crippen molar-refractivity contribution < 1.29 is 13.6 Å². The number of hydrogen-bond acceptors (Lipinski definition) is 2. The van der Waals surface area contributed by atoms with Crippen LogP contribution in [-0.4, -0.2) is 11.9 Å². The molecule has 0 radical (unpaired) electrons. The van der Waals surface area contributed by atoms with E-state index in [2.05, 4.69) is 5.32 Å². The van der Waals surface area contributed by atoms with Crippen LogP contribution in [0.15, 0.2) is 18.2 Å². The molecule has 0 saturated carbocycles. The Bertz CT molecular complexity index is 399.